The maximum Gasteiger partial charge on any atom is 0.221 e. The van der Waals surface area contributed by atoms with E-state index in [1.165, 1.54) is 18.7 Å². The second-order valence-electron chi connectivity index (χ2n) is 4.43. The molecule has 2 aromatic rings. The molecule has 0 aliphatic carbocycles. The number of rotatable bonds is 5. The Labute approximate surface area is 132 Å². The fourth-order valence-corrected chi connectivity index (χ4v) is 2.72. The molecule has 21 heavy (non-hydrogen) atoms. The van der Waals surface area contributed by atoms with Gasteiger partial charge in [-0.1, -0.05) is 23.7 Å². The molecule has 0 aliphatic heterocycles. The van der Waals surface area contributed by atoms with E-state index in [9.17, 15) is 9.59 Å². The van der Waals surface area contributed by atoms with Gasteiger partial charge in [0.25, 0.3) is 0 Å². The lowest BCUT2D eigenvalue weighted by molar-refractivity contribution is -0.114. The Hall–Kier alpha value is -1.78. The van der Waals surface area contributed by atoms with Gasteiger partial charge in [0.15, 0.2) is 5.78 Å². The molecule has 2 aromatic carbocycles. The van der Waals surface area contributed by atoms with Crippen molar-refractivity contribution in [3.05, 3.63) is 59.1 Å². The highest BCUT2D eigenvalue weighted by Gasteiger charge is 2.07. The van der Waals surface area contributed by atoms with Crippen LogP contribution >= 0.6 is 23.4 Å². The molecule has 0 aliphatic rings. The van der Waals surface area contributed by atoms with Crippen LogP contribution in [0.5, 0.6) is 0 Å². The number of carbonyl (C=O) groups is 2. The highest BCUT2D eigenvalue weighted by molar-refractivity contribution is 8.00. The molecule has 0 saturated carbocycles. The zero-order valence-corrected chi connectivity index (χ0v) is 13.0. The van der Waals surface area contributed by atoms with Crippen LogP contribution in [0.1, 0.15) is 17.3 Å². The van der Waals surface area contributed by atoms with Crippen LogP contribution in [0.25, 0.3) is 0 Å². The van der Waals surface area contributed by atoms with Gasteiger partial charge in [0.1, 0.15) is 0 Å². The SMILES string of the molecule is CC(=O)Nc1ccc(SCC(=O)c2cccc(Cl)c2)cc1. The molecule has 0 radical (unpaired) electrons. The Morgan fingerprint density at radius 2 is 1.86 bits per heavy atom. The maximum absolute atomic E-state index is 12.0. The average molecular weight is 320 g/mol. The van der Waals surface area contributed by atoms with Crippen LogP contribution in [-0.4, -0.2) is 17.4 Å². The molecule has 0 spiro atoms. The number of anilines is 1. The summed E-state index contributed by atoms with van der Waals surface area (Å²) in [5.74, 6) is 0.278. The Bertz CT molecular complexity index is 656. The van der Waals surface area contributed by atoms with Crippen LogP contribution < -0.4 is 5.32 Å². The quantitative estimate of drug-likeness (QED) is 0.661. The van der Waals surface area contributed by atoms with Crippen LogP contribution in [0.3, 0.4) is 0 Å². The minimum absolute atomic E-state index is 0.0356. The van der Waals surface area contributed by atoms with E-state index < -0.39 is 0 Å². The van der Waals surface area contributed by atoms with E-state index >= 15 is 0 Å². The van der Waals surface area contributed by atoms with Gasteiger partial charge in [0, 0.05) is 28.1 Å². The Morgan fingerprint density at radius 1 is 1.14 bits per heavy atom. The van der Waals surface area contributed by atoms with Crippen molar-refractivity contribution >= 4 is 40.7 Å². The van der Waals surface area contributed by atoms with Crippen LogP contribution in [0.15, 0.2) is 53.4 Å². The lowest BCUT2D eigenvalue weighted by Gasteiger charge is -2.05. The van der Waals surface area contributed by atoms with Crippen molar-refractivity contribution in [3.8, 4) is 0 Å². The average Bonchev–Trinajstić information content (AvgIpc) is 2.45. The number of benzene rings is 2. The molecule has 0 heterocycles. The summed E-state index contributed by atoms with van der Waals surface area (Å²) in [6, 6.07) is 14.3. The monoisotopic (exact) mass is 319 g/mol. The second-order valence-corrected chi connectivity index (χ2v) is 5.91. The topological polar surface area (TPSA) is 46.2 Å². The number of hydrogen-bond acceptors (Lipinski definition) is 3. The summed E-state index contributed by atoms with van der Waals surface area (Å²) in [5.41, 5.74) is 1.36. The first-order chi connectivity index (χ1) is 10.0. The molecule has 2 rings (SSSR count). The van der Waals surface area contributed by atoms with E-state index in [0.717, 1.165) is 10.6 Å². The summed E-state index contributed by atoms with van der Waals surface area (Å²) in [6.07, 6.45) is 0. The fourth-order valence-electron chi connectivity index (χ4n) is 1.73. The van der Waals surface area contributed by atoms with E-state index in [0.29, 0.717) is 16.3 Å². The number of thioether (sulfide) groups is 1. The van der Waals surface area contributed by atoms with Crippen LogP contribution in [0, 0.1) is 0 Å². The highest BCUT2D eigenvalue weighted by Crippen LogP contribution is 2.22. The molecular formula is C16H14ClNO2S. The lowest BCUT2D eigenvalue weighted by atomic mass is 10.1. The molecule has 5 heteroatoms. The molecule has 0 saturated heterocycles. The Kier molecular flexibility index (Phi) is 5.42. The molecule has 0 atom stereocenters. The van der Waals surface area contributed by atoms with Gasteiger partial charge < -0.3 is 5.32 Å². The third-order valence-corrected chi connectivity index (χ3v) is 3.94. The molecule has 0 fully saturated rings. The van der Waals surface area contributed by atoms with E-state index in [-0.39, 0.29) is 11.7 Å². The zero-order chi connectivity index (χ0) is 15.2. The summed E-state index contributed by atoms with van der Waals surface area (Å²) < 4.78 is 0. The smallest absolute Gasteiger partial charge is 0.221 e. The summed E-state index contributed by atoms with van der Waals surface area (Å²) >= 11 is 7.32. The normalized spacial score (nSPS) is 10.2. The minimum atomic E-state index is -0.105. The second kappa shape index (κ2) is 7.29. The minimum Gasteiger partial charge on any atom is -0.326 e. The van der Waals surface area contributed by atoms with Crippen molar-refractivity contribution in [1.82, 2.24) is 0 Å². The number of ketones is 1. The Morgan fingerprint density at radius 3 is 2.48 bits per heavy atom. The number of halogens is 1. The third-order valence-electron chi connectivity index (χ3n) is 2.69. The van der Waals surface area contributed by atoms with E-state index in [4.69, 9.17) is 11.6 Å². The highest BCUT2D eigenvalue weighted by atomic mass is 35.5. The fraction of sp³-hybridized carbons (Fsp3) is 0.125. The number of Topliss-reactive ketones (excluding diaryl/α,β-unsaturated/α-hetero) is 1. The molecule has 1 N–H and O–H groups in total. The standard InChI is InChI=1S/C16H14ClNO2S/c1-11(19)18-14-5-7-15(8-6-14)21-10-16(20)12-3-2-4-13(17)9-12/h2-9H,10H2,1H3,(H,18,19). The molecule has 0 bridgehead atoms. The van der Waals surface area contributed by atoms with E-state index in [2.05, 4.69) is 5.32 Å². The van der Waals surface area contributed by atoms with Gasteiger partial charge in [-0.05, 0) is 36.4 Å². The van der Waals surface area contributed by atoms with Crippen molar-refractivity contribution in [1.29, 1.82) is 0 Å². The Balaban J connectivity index is 1.93. The van der Waals surface area contributed by atoms with Crippen LogP contribution in [-0.2, 0) is 4.79 Å². The number of hydrogen-bond donors (Lipinski definition) is 1. The van der Waals surface area contributed by atoms with Crippen molar-refractivity contribution in [3.63, 3.8) is 0 Å². The van der Waals surface area contributed by atoms with Gasteiger partial charge in [-0.2, -0.15) is 0 Å². The zero-order valence-electron chi connectivity index (χ0n) is 11.4. The van der Waals surface area contributed by atoms with Crippen molar-refractivity contribution < 1.29 is 9.59 Å². The molecule has 0 unspecified atom stereocenters. The summed E-state index contributed by atoms with van der Waals surface area (Å²) in [6.45, 7) is 1.46. The molecule has 1 amide bonds. The first kappa shape index (κ1) is 15.6. The van der Waals surface area contributed by atoms with Gasteiger partial charge in [-0.3, -0.25) is 9.59 Å². The van der Waals surface area contributed by atoms with Crippen molar-refractivity contribution in [2.24, 2.45) is 0 Å². The number of amides is 1. The molecule has 108 valence electrons. The summed E-state index contributed by atoms with van der Waals surface area (Å²) in [5, 5.41) is 3.26. The maximum atomic E-state index is 12.0. The number of nitrogens with one attached hydrogen (secondary N) is 1. The largest absolute Gasteiger partial charge is 0.326 e. The molecule has 0 aromatic heterocycles. The van der Waals surface area contributed by atoms with Gasteiger partial charge in [0.05, 0.1) is 5.75 Å². The predicted octanol–water partition coefficient (Wildman–Crippen LogP) is 4.27. The van der Waals surface area contributed by atoms with E-state index in [1.807, 2.05) is 24.3 Å². The predicted molar refractivity (Wildman–Crippen MR) is 87.3 cm³/mol. The van der Waals surface area contributed by atoms with Crippen molar-refractivity contribution in [2.45, 2.75) is 11.8 Å². The van der Waals surface area contributed by atoms with Gasteiger partial charge in [-0.25, -0.2) is 0 Å². The molecular weight excluding hydrogens is 306 g/mol. The van der Waals surface area contributed by atoms with Crippen molar-refractivity contribution in [2.75, 3.05) is 11.1 Å². The first-order valence-electron chi connectivity index (χ1n) is 6.34. The van der Waals surface area contributed by atoms with Crippen LogP contribution in [0.2, 0.25) is 5.02 Å². The summed E-state index contributed by atoms with van der Waals surface area (Å²) in [7, 11) is 0. The van der Waals surface area contributed by atoms with Gasteiger partial charge in [-0.15, -0.1) is 11.8 Å². The third kappa shape index (κ3) is 4.92. The summed E-state index contributed by atoms with van der Waals surface area (Å²) in [4.78, 5) is 23.9. The first-order valence-corrected chi connectivity index (χ1v) is 7.70. The number of carbonyl (C=O) groups excluding carboxylic acids is 2. The lowest BCUT2D eigenvalue weighted by Crippen LogP contribution is -2.05. The van der Waals surface area contributed by atoms with Gasteiger partial charge in [0.2, 0.25) is 5.91 Å². The van der Waals surface area contributed by atoms with Crippen LogP contribution in [0.4, 0.5) is 5.69 Å². The van der Waals surface area contributed by atoms with E-state index in [1.54, 1.807) is 24.3 Å². The van der Waals surface area contributed by atoms with Gasteiger partial charge >= 0.3 is 0 Å². The molecule has 3 nitrogen and oxygen atoms in total.